The SMILES string of the molecule is CC1(NC(=O)c2sc3nccnc3c2N)CCOCC1. The number of nitrogen functional groups attached to an aromatic ring is 1. The lowest BCUT2D eigenvalue weighted by molar-refractivity contribution is 0.0424. The summed E-state index contributed by atoms with van der Waals surface area (Å²) in [6.07, 6.45) is 4.78. The number of nitrogens with zero attached hydrogens (tertiary/aromatic N) is 2. The second kappa shape index (κ2) is 4.99. The third-order valence-electron chi connectivity index (χ3n) is 3.58. The lowest BCUT2D eigenvalue weighted by Gasteiger charge is -2.34. The number of fused-ring (bicyclic) bond motifs is 1. The average molecular weight is 292 g/mol. The van der Waals surface area contributed by atoms with Crippen molar-refractivity contribution in [1.29, 1.82) is 0 Å². The van der Waals surface area contributed by atoms with Crippen molar-refractivity contribution in [3.8, 4) is 0 Å². The van der Waals surface area contributed by atoms with Crippen LogP contribution in [0.2, 0.25) is 0 Å². The molecular formula is C13H16N4O2S. The van der Waals surface area contributed by atoms with E-state index < -0.39 is 0 Å². The molecule has 0 bridgehead atoms. The summed E-state index contributed by atoms with van der Waals surface area (Å²) in [6.45, 7) is 3.37. The molecule has 0 aromatic carbocycles. The van der Waals surface area contributed by atoms with Gasteiger partial charge in [0.15, 0.2) is 0 Å². The third-order valence-corrected chi connectivity index (χ3v) is 4.68. The number of anilines is 1. The van der Waals surface area contributed by atoms with Crippen LogP contribution in [0.1, 0.15) is 29.4 Å². The van der Waals surface area contributed by atoms with E-state index >= 15 is 0 Å². The fraction of sp³-hybridized carbons (Fsp3) is 0.462. The van der Waals surface area contributed by atoms with Crippen LogP contribution in [0.4, 0.5) is 5.69 Å². The standard InChI is InChI=1S/C13H16N4O2S/c1-13(2-6-19-7-3-13)17-11(18)10-8(14)9-12(20-10)16-5-4-15-9/h4-5H,2-3,6-7,14H2,1H3,(H,17,18). The van der Waals surface area contributed by atoms with Gasteiger partial charge in [-0.15, -0.1) is 11.3 Å². The molecule has 1 saturated heterocycles. The van der Waals surface area contributed by atoms with Crippen molar-refractivity contribution in [2.75, 3.05) is 18.9 Å². The maximum Gasteiger partial charge on any atom is 0.264 e. The van der Waals surface area contributed by atoms with Crippen molar-refractivity contribution in [3.63, 3.8) is 0 Å². The lowest BCUT2D eigenvalue weighted by Crippen LogP contribution is -2.49. The van der Waals surface area contributed by atoms with Crippen molar-refractivity contribution in [2.24, 2.45) is 0 Å². The summed E-state index contributed by atoms with van der Waals surface area (Å²) in [5.74, 6) is -0.156. The van der Waals surface area contributed by atoms with E-state index in [0.717, 1.165) is 12.8 Å². The Morgan fingerprint density at radius 2 is 2.10 bits per heavy atom. The van der Waals surface area contributed by atoms with Crippen LogP contribution in [-0.4, -0.2) is 34.6 Å². The summed E-state index contributed by atoms with van der Waals surface area (Å²) in [5.41, 5.74) is 6.78. The monoisotopic (exact) mass is 292 g/mol. The molecule has 106 valence electrons. The summed E-state index contributed by atoms with van der Waals surface area (Å²) in [6, 6.07) is 0. The molecule has 20 heavy (non-hydrogen) atoms. The number of amides is 1. The molecule has 7 heteroatoms. The Labute approximate surface area is 120 Å². The average Bonchev–Trinajstić information content (AvgIpc) is 2.77. The first-order valence-corrected chi connectivity index (χ1v) is 7.30. The highest BCUT2D eigenvalue weighted by Gasteiger charge is 2.30. The number of hydrogen-bond donors (Lipinski definition) is 2. The molecular weight excluding hydrogens is 276 g/mol. The highest BCUT2D eigenvalue weighted by Crippen LogP contribution is 2.31. The van der Waals surface area contributed by atoms with Crippen LogP contribution < -0.4 is 11.1 Å². The number of rotatable bonds is 2. The van der Waals surface area contributed by atoms with Gasteiger partial charge in [-0.25, -0.2) is 9.97 Å². The molecule has 0 saturated carbocycles. The molecule has 1 fully saturated rings. The molecule has 1 aliphatic rings. The Morgan fingerprint density at radius 1 is 1.40 bits per heavy atom. The van der Waals surface area contributed by atoms with E-state index in [-0.39, 0.29) is 11.4 Å². The molecule has 6 nitrogen and oxygen atoms in total. The fourth-order valence-electron chi connectivity index (χ4n) is 2.29. The first-order chi connectivity index (χ1) is 9.59. The highest BCUT2D eigenvalue weighted by atomic mass is 32.1. The summed E-state index contributed by atoms with van der Waals surface area (Å²) in [5, 5.41) is 3.07. The number of thiophene rings is 1. The molecule has 2 aromatic heterocycles. The molecule has 3 N–H and O–H groups in total. The molecule has 1 amide bonds. The Bertz CT molecular complexity index is 649. The third kappa shape index (κ3) is 2.34. The predicted molar refractivity (Wildman–Crippen MR) is 77.8 cm³/mol. The van der Waals surface area contributed by atoms with Crippen LogP contribution in [0.3, 0.4) is 0 Å². The molecule has 3 rings (SSSR count). The molecule has 0 aliphatic carbocycles. The van der Waals surface area contributed by atoms with Crippen LogP contribution in [0.5, 0.6) is 0 Å². The van der Waals surface area contributed by atoms with E-state index in [1.807, 2.05) is 6.92 Å². The van der Waals surface area contributed by atoms with Crippen molar-refractivity contribution >= 4 is 33.3 Å². The number of hydrogen-bond acceptors (Lipinski definition) is 6. The lowest BCUT2D eigenvalue weighted by atomic mass is 9.92. The molecule has 0 spiro atoms. The first-order valence-electron chi connectivity index (χ1n) is 6.48. The van der Waals surface area contributed by atoms with E-state index in [4.69, 9.17) is 10.5 Å². The number of ether oxygens (including phenoxy) is 1. The number of carbonyl (C=O) groups is 1. The van der Waals surface area contributed by atoms with Gasteiger partial charge >= 0.3 is 0 Å². The largest absolute Gasteiger partial charge is 0.396 e. The minimum Gasteiger partial charge on any atom is -0.396 e. The van der Waals surface area contributed by atoms with Crippen LogP contribution in [0.25, 0.3) is 10.3 Å². The van der Waals surface area contributed by atoms with Crippen LogP contribution >= 0.6 is 11.3 Å². The Morgan fingerprint density at radius 3 is 2.80 bits per heavy atom. The minimum absolute atomic E-state index is 0.156. The van der Waals surface area contributed by atoms with Gasteiger partial charge in [0.1, 0.15) is 15.2 Å². The maximum absolute atomic E-state index is 12.4. The van der Waals surface area contributed by atoms with E-state index in [2.05, 4.69) is 15.3 Å². The zero-order valence-electron chi connectivity index (χ0n) is 11.2. The molecule has 2 aromatic rings. The normalized spacial score (nSPS) is 18.1. The van der Waals surface area contributed by atoms with Gasteiger partial charge < -0.3 is 15.8 Å². The van der Waals surface area contributed by atoms with Gasteiger partial charge in [-0.2, -0.15) is 0 Å². The summed E-state index contributed by atoms with van der Waals surface area (Å²) in [4.78, 5) is 22.0. The molecule has 3 heterocycles. The van der Waals surface area contributed by atoms with Gasteiger partial charge in [0.25, 0.3) is 5.91 Å². The predicted octanol–water partition coefficient (Wildman–Crippen LogP) is 1.57. The topological polar surface area (TPSA) is 90.1 Å². The second-order valence-corrected chi connectivity index (χ2v) is 6.18. The van der Waals surface area contributed by atoms with Crippen LogP contribution in [-0.2, 0) is 4.74 Å². The minimum atomic E-state index is -0.237. The van der Waals surface area contributed by atoms with Crippen molar-refractivity contribution in [2.45, 2.75) is 25.3 Å². The van der Waals surface area contributed by atoms with Gasteiger partial charge in [0.05, 0.1) is 5.69 Å². The fourth-order valence-corrected chi connectivity index (χ4v) is 3.21. The summed E-state index contributed by atoms with van der Waals surface area (Å²) in [7, 11) is 0. The van der Waals surface area contributed by atoms with Crippen molar-refractivity contribution in [1.82, 2.24) is 15.3 Å². The van der Waals surface area contributed by atoms with Crippen LogP contribution in [0, 0.1) is 0 Å². The van der Waals surface area contributed by atoms with Gasteiger partial charge in [0, 0.05) is 31.1 Å². The molecule has 0 atom stereocenters. The zero-order chi connectivity index (χ0) is 14.2. The maximum atomic E-state index is 12.4. The molecule has 0 radical (unpaired) electrons. The second-order valence-electron chi connectivity index (χ2n) is 5.18. The molecule has 0 unspecified atom stereocenters. The van der Waals surface area contributed by atoms with E-state index in [1.165, 1.54) is 11.3 Å². The van der Waals surface area contributed by atoms with E-state index in [1.54, 1.807) is 12.4 Å². The first kappa shape index (κ1) is 13.3. The number of aromatic nitrogens is 2. The van der Waals surface area contributed by atoms with Gasteiger partial charge in [0.2, 0.25) is 0 Å². The molecule has 1 aliphatic heterocycles. The Hall–Kier alpha value is -1.73. The highest BCUT2D eigenvalue weighted by molar-refractivity contribution is 7.21. The quantitative estimate of drug-likeness (QED) is 0.877. The van der Waals surface area contributed by atoms with E-state index in [0.29, 0.717) is 34.1 Å². The van der Waals surface area contributed by atoms with Gasteiger partial charge in [-0.3, -0.25) is 4.79 Å². The number of carbonyl (C=O) groups excluding carboxylic acids is 1. The van der Waals surface area contributed by atoms with Crippen molar-refractivity contribution < 1.29 is 9.53 Å². The number of nitrogens with two attached hydrogens (primary N) is 1. The summed E-state index contributed by atoms with van der Waals surface area (Å²) < 4.78 is 5.33. The smallest absolute Gasteiger partial charge is 0.264 e. The Kier molecular flexibility index (Phi) is 3.31. The van der Waals surface area contributed by atoms with Crippen LogP contribution in [0.15, 0.2) is 12.4 Å². The van der Waals surface area contributed by atoms with Gasteiger partial charge in [-0.05, 0) is 19.8 Å². The van der Waals surface area contributed by atoms with Gasteiger partial charge in [-0.1, -0.05) is 0 Å². The Balaban J connectivity index is 1.87. The van der Waals surface area contributed by atoms with E-state index in [9.17, 15) is 4.79 Å². The van der Waals surface area contributed by atoms with Crippen molar-refractivity contribution in [3.05, 3.63) is 17.3 Å². The zero-order valence-corrected chi connectivity index (χ0v) is 12.0. The summed E-state index contributed by atoms with van der Waals surface area (Å²) >= 11 is 1.28. The number of nitrogens with one attached hydrogen (secondary N) is 1.